The van der Waals surface area contributed by atoms with Crippen LogP contribution in [0.3, 0.4) is 0 Å². The van der Waals surface area contributed by atoms with E-state index in [2.05, 4.69) is 6.58 Å². The third kappa shape index (κ3) is 5.57. The van der Waals surface area contributed by atoms with Crippen molar-refractivity contribution in [1.82, 2.24) is 0 Å². The van der Waals surface area contributed by atoms with Gasteiger partial charge < -0.3 is 15.3 Å². The zero-order valence-electron chi connectivity index (χ0n) is 6.16. The number of carboxylic acid groups (broad SMARTS) is 1. The largest absolute Gasteiger partial charge is 0.481 e. The summed E-state index contributed by atoms with van der Waals surface area (Å²) < 4.78 is 0. The molecule has 0 unspecified atom stereocenters. The van der Waals surface area contributed by atoms with Crippen molar-refractivity contribution in [2.24, 2.45) is 0 Å². The molecule has 0 saturated carbocycles. The average Bonchev–Trinajstić information content (AvgIpc) is 1.84. The normalized spacial score (nSPS) is 11.1. The Labute approximate surface area is 64.8 Å². The molecule has 0 aliphatic heterocycles. The molecular formula is C7H12O4. The average molecular weight is 160 g/mol. The summed E-state index contributed by atoms with van der Waals surface area (Å²) in [5.74, 6) is -2.96. The van der Waals surface area contributed by atoms with Crippen LogP contribution in [0, 0.1) is 0 Å². The molecule has 0 aromatic heterocycles. The Kier molecular flexibility index (Phi) is 3.78. The second-order valence-electron chi connectivity index (χ2n) is 2.37. The predicted molar refractivity (Wildman–Crippen MR) is 38.9 cm³/mol. The number of hydrogen-bond donors (Lipinski definition) is 3. The molecule has 11 heavy (non-hydrogen) atoms. The molecule has 0 amide bonds. The predicted octanol–water partition coefficient (Wildman–Crippen LogP) is 0.108. The van der Waals surface area contributed by atoms with Crippen molar-refractivity contribution in [2.75, 3.05) is 0 Å². The third-order valence-corrected chi connectivity index (χ3v) is 1.21. The van der Waals surface area contributed by atoms with Gasteiger partial charge in [0.2, 0.25) is 0 Å². The summed E-state index contributed by atoms with van der Waals surface area (Å²) in [4.78, 5) is 10.0. The molecule has 0 bridgehead atoms. The zero-order valence-corrected chi connectivity index (χ0v) is 6.16. The Balaban J connectivity index is 3.71. The number of aliphatic hydroxyl groups is 2. The molecule has 4 heteroatoms. The van der Waals surface area contributed by atoms with Crippen LogP contribution in [0.25, 0.3) is 0 Å². The fourth-order valence-corrected chi connectivity index (χ4v) is 0.640. The van der Waals surface area contributed by atoms with Crippen molar-refractivity contribution in [3.8, 4) is 0 Å². The van der Waals surface area contributed by atoms with Crippen molar-refractivity contribution in [1.29, 1.82) is 0 Å². The summed E-state index contributed by atoms with van der Waals surface area (Å²) >= 11 is 0. The maximum atomic E-state index is 10.0. The van der Waals surface area contributed by atoms with Crippen LogP contribution in [0.1, 0.15) is 19.3 Å². The molecule has 0 fully saturated rings. The van der Waals surface area contributed by atoms with E-state index in [0.717, 1.165) is 0 Å². The van der Waals surface area contributed by atoms with E-state index < -0.39 is 11.8 Å². The Morgan fingerprint density at radius 1 is 1.55 bits per heavy atom. The van der Waals surface area contributed by atoms with Gasteiger partial charge in [0, 0.05) is 12.8 Å². The van der Waals surface area contributed by atoms with Gasteiger partial charge in [-0.05, 0) is 0 Å². The van der Waals surface area contributed by atoms with Crippen LogP contribution in [-0.4, -0.2) is 27.1 Å². The van der Waals surface area contributed by atoms with Gasteiger partial charge in [-0.15, -0.1) is 6.58 Å². The van der Waals surface area contributed by atoms with Crippen molar-refractivity contribution in [2.45, 2.75) is 25.0 Å². The number of aliphatic carboxylic acids is 1. The highest BCUT2D eigenvalue weighted by Crippen LogP contribution is 2.13. The zero-order chi connectivity index (χ0) is 8.91. The number of rotatable bonds is 5. The van der Waals surface area contributed by atoms with Crippen LogP contribution in [0.4, 0.5) is 0 Å². The minimum Gasteiger partial charge on any atom is -0.481 e. The molecule has 0 atom stereocenters. The van der Waals surface area contributed by atoms with Crippen molar-refractivity contribution < 1.29 is 20.1 Å². The Hall–Kier alpha value is -0.870. The monoisotopic (exact) mass is 160 g/mol. The molecule has 0 radical (unpaired) electrons. The highest BCUT2D eigenvalue weighted by molar-refractivity contribution is 5.66. The first-order valence-electron chi connectivity index (χ1n) is 3.25. The lowest BCUT2D eigenvalue weighted by molar-refractivity contribution is -0.169. The van der Waals surface area contributed by atoms with Crippen LogP contribution >= 0.6 is 0 Å². The first-order valence-corrected chi connectivity index (χ1v) is 3.25. The van der Waals surface area contributed by atoms with Gasteiger partial charge >= 0.3 is 5.97 Å². The second-order valence-corrected chi connectivity index (χ2v) is 2.37. The minimum atomic E-state index is -1.92. The molecule has 0 aromatic rings. The van der Waals surface area contributed by atoms with E-state index in [1.54, 1.807) is 0 Å². The summed E-state index contributed by atoms with van der Waals surface area (Å²) in [6.45, 7) is 3.31. The van der Waals surface area contributed by atoms with Gasteiger partial charge in [-0.1, -0.05) is 6.08 Å². The summed E-state index contributed by atoms with van der Waals surface area (Å²) in [6.07, 6.45) is 0.900. The summed E-state index contributed by atoms with van der Waals surface area (Å²) in [5, 5.41) is 26.2. The van der Waals surface area contributed by atoms with Crippen LogP contribution in [0.2, 0.25) is 0 Å². The molecule has 4 nitrogen and oxygen atoms in total. The molecule has 0 aromatic carbocycles. The van der Waals surface area contributed by atoms with Crippen LogP contribution in [0.5, 0.6) is 0 Å². The minimum absolute atomic E-state index is 0.0136. The quantitative estimate of drug-likeness (QED) is 0.394. The van der Waals surface area contributed by atoms with E-state index in [9.17, 15) is 4.79 Å². The molecule has 64 valence electrons. The third-order valence-electron chi connectivity index (χ3n) is 1.21. The smallest absolute Gasteiger partial charge is 0.303 e. The van der Waals surface area contributed by atoms with E-state index in [0.29, 0.717) is 0 Å². The molecule has 0 aliphatic carbocycles. The van der Waals surface area contributed by atoms with Gasteiger partial charge in [-0.2, -0.15) is 0 Å². The van der Waals surface area contributed by atoms with E-state index in [1.165, 1.54) is 6.08 Å². The van der Waals surface area contributed by atoms with E-state index in [-0.39, 0.29) is 19.3 Å². The molecule has 0 rings (SSSR count). The fourth-order valence-electron chi connectivity index (χ4n) is 0.640. The Morgan fingerprint density at radius 2 is 2.09 bits per heavy atom. The van der Waals surface area contributed by atoms with Crippen molar-refractivity contribution in [3.63, 3.8) is 0 Å². The highest BCUT2D eigenvalue weighted by atomic mass is 16.5. The number of carboxylic acids is 1. The van der Waals surface area contributed by atoms with Gasteiger partial charge in [-0.25, -0.2) is 0 Å². The summed E-state index contributed by atoms with van der Waals surface area (Å²) in [6, 6.07) is 0. The maximum Gasteiger partial charge on any atom is 0.303 e. The highest BCUT2D eigenvalue weighted by Gasteiger charge is 2.21. The first kappa shape index (κ1) is 10.1. The van der Waals surface area contributed by atoms with Crippen LogP contribution in [-0.2, 0) is 4.79 Å². The van der Waals surface area contributed by atoms with E-state index in [1.807, 2.05) is 0 Å². The van der Waals surface area contributed by atoms with Gasteiger partial charge in [0.1, 0.15) is 0 Å². The maximum absolute atomic E-state index is 10.0. The lowest BCUT2D eigenvalue weighted by atomic mass is 10.1. The van der Waals surface area contributed by atoms with Crippen LogP contribution in [0.15, 0.2) is 12.7 Å². The second kappa shape index (κ2) is 4.10. The topological polar surface area (TPSA) is 77.8 Å². The standard InChI is InChI=1S/C7H12O4/c1-2-4-7(10,11)5-3-6(8)9/h2,10-11H,1,3-5H2,(H,8,9). The van der Waals surface area contributed by atoms with Gasteiger partial charge in [0.05, 0.1) is 6.42 Å². The first-order chi connectivity index (χ1) is 4.98. The molecule has 0 heterocycles. The Morgan fingerprint density at radius 3 is 2.45 bits per heavy atom. The van der Waals surface area contributed by atoms with Gasteiger partial charge in [0.25, 0.3) is 0 Å². The fraction of sp³-hybridized carbons (Fsp3) is 0.571. The molecule has 0 saturated heterocycles. The molecule has 3 N–H and O–H groups in total. The molecule has 0 aliphatic rings. The SMILES string of the molecule is C=CCC(O)(O)CCC(=O)O. The molecule has 0 spiro atoms. The van der Waals surface area contributed by atoms with Gasteiger partial charge in [0.15, 0.2) is 5.79 Å². The molecular weight excluding hydrogens is 148 g/mol. The van der Waals surface area contributed by atoms with E-state index in [4.69, 9.17) is 15.3 Å². The van der Waals surface area contributed by atoms with Crippen molar-refractivity contribution in [3.05, 3.63) is 12.7 Å². The lowest BCUT2D eigenvalue weighted by Crippen LogP contribution is -2.27. The Bertz CT molecular complexity index is 151. The summed E-state index contributed by atoms with van der Waals surface area (Å²) in [7, 11) is 0. The van der Waals surface area contributed by atoms with Crippen LogP contribution < -0.4 is 0 Å². The van der Waals surface area contributed by atoms with Crippen molar-refractivity contribution >= 4 is 5.97 Å². The van der Waals surface area contributed by atoms with Gasteiger partial charge in [-0.3, -0.25) is 4.79 Å². The lowest BCUT2D eigenvalue weighted by Gasteiger charge is -2.18. The number of hydrogen-bond acceptors (Lipinski definition) is 3. The summed E-state index contributed by atoms with van der Waals surface area (Å²) in [5.41, 5.74) is 0. The number of carbonyl (C=O) groups is 1. The van der Waals surface area contributed by atoms with E-state index >= 15 is 0 Å².